The lowest BCUT2D eigenvalue weighted by Gasteiger charge is -2.19. The molecule has 24 heavy (non-hydrogen) atoms. The van der Waals surface area contributed by atoms with E-state index in [1.54, 1.807) is 11.1 Å². The molecule has 0 nitrogen and oxygen atoms in total. The Labute approximate surface area is 152 Å². The molecular weight excluding hydrogens is 288 g/mol. The summed E-state index contributed by atoms with van der Waals surface area (Å²) in [6.45, 7) is 16.4. The molecular formula is C24H42. The van der Waals surface area contributed by atoms with Gasteiger partial charge in [0.1, 0.15) is 0 Å². The summed E-state index contributed by atoms with van der Waals surface area (Å²) >= 11 is 0. The second-order valence-electron chi connectivity index (χ2n) is 10.1. The molecule has 0 fully saturated rings. The lowest BCUT2D eigenvalue weighted by atomic mass is 9.87. The van der Waals surface area contributed by atoms with Gasteiger partial charge in [0.2, 0.25) is 0 Å². The summed E-state index contributed by atoms with van der Waals surface area (Å²) in [5, 5.41) is 0. The fourth-order valence-electron chi connectivity index (χ4n) is 3.46. The van der Waals surface area contributed by atoms with Gasteiger partial charge in [0, 0.05) is 0 Å². The van der Waals surface area contributed by atoms with E-state index in [4.69, 9.17) is 0 Å². The van der Waals surface area contributed by atoms with E-state index in [2.05, 4.69) is 66.7 Å². The van der Waals surface area contributed by atoms with Crippen LogP contribution in [0.5, 0.6) is 0 Å². The summed E-state index contributed by atoms with van der Waals surface area (Å²) < 4.78 is 0. The summed E-state index contributed by atoms with van der Waals surface area (Å²) in [7, 11) is 0. The van der Waals surface area contributed by atoms with Crippen LogP contribution in [-0.4, -0.2) is 0 Å². The van der Waals surface area contributed by atoms with Crippen molar-refractivity contribution < 1.29 is 0 Å². The lowest BCUT2D eigenvalue weighted by molar-refractivity contribution is 0.358. The zero-order chi connectivity index (χ0) is 18.2. The SMILES string of the molecule is Cc1cccc(CCCCC(C)(C)C)c1CCCCCC(C)(C)C. The summed E-state index contributed by atoms with van der Waals surface area (Å²) in [4.78, 5) is 0. The van der Waals surface area contributed by atoms with Gasteiger partial charge in [-0.15, -0.1) is 0 Å². The fraction of sp³-hybridized carbons (Fsp3) is 0.750. The van der Waals surface area contributed by atoms with E-state index in [-0.39, 0.29) is 0 Å². The standard InChI is InChI=1S/C24H42/c1-20-14-13-16-21(15-10-12-19-24(5,6)7)22(20)17-9-8-11-18-23(2,3)4/h13-14,16H,8-12,15,17-19H2,1-7H3. The van der Waals surface area contributed by atoms with Crippen molar-refractivity contribution in [1.29, 1.82) is 0 Å². The van der Waals surface area contributed by atoms with Crippen LogP contribution in [0, 0.1) is 17.8 Å². The molecule has 1 aromatic rings. The molecule has 0 radical (unpaired) electrons. The Morgan fingerprint density at radius 3 is 1.79 bits per heavy atom. The number of unbranched alkanes of at least 4 members (excludes halogenated alkanes) is 3. The van der Waals surface area contributed by atoms with Gasteiger partial charge in [0.15, 0.2) is 0 Å². The van der Waals surface area contributed by atoms with Crippen LogP contribution in [0.15, 0.2) is 18.2 Å². The van der Waals surface area contributed by atoms with Gasteiger partial charge in [-0.1, -0.05) is 79.0 Å². The predicted octanol–water partition coefficient (Wildman–Crippen LogP) is 7.90. The summed E-state index contributed by atoms with van der Waals surface area (Å²) in [5.41, 5.74) is 5.71. The first-order chi connectivity index (χ1) is 11.1. The minimum Gasteiger partial charge on any atom is -0.0617 e. The average Bonchev–Trinajstić information content (AvgIpc) is 2.43. The van der Waals surface area contributed by atoms with E-state index < -0.39 is 0 Å². The number of aryl methyl sites for hydroxylation is 2. The van der Waals surface area contributed by atoms with Crippen molar-refractivity contribution in [2.75, 3.05) is 0 Å². The van der Waals surface area contributed by atoms with Gasteiger partial charge in [-0.3, -0.25) is 0 Å². The van der Waals surface area contributed by atoms with E-state index in [0.717, 1.165) is 0 Å². The fourth-order valence-corrected chi connectivity index (χ4v) is 3.46. The number of benzene rings is 1. The zero-order valence-electron chi connectivity index (χ0n) is 17.6. The Morgan fingerprint density at radius 1 is 0.667 bits per heavy atom. The van der Waals surface area contributed by atoms with Crippen LogP contribution in [-0.2, 0) is 12.8 Å². The van der Waals surface area contributed by atoms with Crippen LogP contribution in [0.1, 0.15) is 103 Å². The van der Waals surface area contributed by atoms with Crippen molar-refractivity contribution in [1.82, 2.24) is 0 Å². The monoisotopic (exact) mass is 330 g/mol. The van der Waals surface area contributed by atoms with Crippen molar-refractivity contribution in [3.63, 3.8) is 0 Å². The lowest BCUT2D eigenvalue weighted by Crippen LogP contribution is -2.05. The normalized spacial score (nSPS) is 12.6. The van der Waals surface area contributed by atoms with Gasteiger partial charge < -0.3 is 0 Å². The van der Waals surface area contributed by atoms with E-state index >= 15 is 0 Å². The van der Waals surface area contributed by atoms with Crippen LogP contribution < -0.4 is 0 Å². The van der Waals surface area contributed by atoms with Crippen LogP contribution in [0.4, 0.5) is 0 Å². The van der Waals surface area contributed by atoms with Gasteiger partial charge in [-0.2, -0.15) is 0 Å². The number of hydrogen-bond acceptors (Lipinski definition) is 0. The van der Waals surface area contributed by atoms with Crippen molar-refractivity contribution >= 4 is 0 Å². The molecule has 0 atom stereocenters. The van der Waals surface area contributed by atoms with Crippen molar-refractivity contribution in [3.8, 4) is 0 Å². The molecule has 1 aromatic carbocycles. The maximum Gasteiger partial charge on any atom is -0.0274 e. The van der Waals surface area contributed by atoms with Crippen molar-refractivity contribution in [2.45, 2.75) is 106 Å². The molecule has 0 unspecified atom stereocenters. The first-order valence-corrected chi connectivity index (χ1v) is 10.2. The molecule has 0 aliphatic rings. The second kappa shape index (κ2) is 9.64. The number of rotatable bonds is 9. The average molecular weight is 331 g/mol. The maximum absolute atomic E-state index is 2.37. The minimum atomic E-state index is 0.475. The molecule has 0 amide bonds. The third-order valence-electron chi connectivity index (χ3n) is 4.98. The summed E-state index contributed by atoms with van der Waals surface area (Å²) in [6, 6.07) is 6.91. The highest BCUT2D eigenvalue weighted by Crippen LogP contribution is 2.25. The van der Waals surface area contributed by atoms with Gasteiger partial charge >= 0.3 is 0 Å². The molecule has 0 saturated carbocycles. The Bertz CT molecular complexity index is 468. The molecule has 138 valence electrons. The second-order valence-corrected chi connectivity index (χ2v) is 10.1. The Balaban J connectivity index is 2.45. The molecule has 0 bridgehead atoms. The third-order valence-corrected chi connectivity index (χ3v) is 4.98. The quantitative estimate of drug-likeness (QED) is 0.403. The molecule has 0 aromatic heterocycles. The highest BCUT2D eigenvalue weighted by Gasteiger charge is 2.11. The minimum absolute atomic E-state index is 0.475. The topological polar surface area (TPSA) is 0 Å². The van der Waals surface area contributed by atoms with Crippen molar-refractivity contribution in [2.24, 2.45) is 10.8 Å². The molecule has 1 rings (SSSR count). The summed E-state index contributed by atoms with van der Waals surface area (Å²) in [5.74, 6) is 0. The first-order valence-electron chi connectivity index (χ1n) is 10.2. The molecule has 0 N–H and O–H groups in total. The van der Waals surface area contributed by atoms with E-state index in [1.807, 2.05) is 0 Å². The smallest absolute Gasteiger partial charge is 0.0274 e. The van der Waals surface area contributed by atoms with Crippen LogP contribution in [0.3, 0.4) is 0 Å². The van der Waals surface area contributed by atoms with E-state index in [0.29, 0.717) is 10.8 Å². The maximum atomic E-state index is 2.37. The van der Waals surface area contributed by atoms with Gasteiger partial charge in [-0.05, 0) is 73.0 Å². The summed E-state index contributed by atoms with van der Waals surface area (Å²) in [6.07, 6.45) is 12.0. The van der Waals surface area contributed by atoms with Gasteiger partial charge in [-0.25, -0.2) is 0 Å². The Hall–Kier alpha value is -0.780. The van der Waals surface area contributed by atoms with Gasteiger partial charge in [0.25, 0.3) is 0 Å². The molecule has 0 saturated heterocycles. The van der Waals surface area contributed by atoms with Crippen LogP contribution in [0.25, 0.3) is 0 Å². The molecule has 0 spiro atoms. The van der Waals surface area contributed by atoms with Gasteiger partial charge in [0.05, 0.1) is 0 Å². The highest BCUT2D eigenvalue weighted by molar-refractivity contribution is 5.34. The molecule has 0 aliphatic carbocycles. The van der Waals surface area contributed by atoms with Crippen LogP contribution >= 0.6 is 0 Å². The van der Waals surface area contributed by atoms with E-state index in [9.17, 15) is 0 Å². The largest absolute Gasteiger partial charge is 0.0617 e. The molecule has 0 aliphatic heterocycles. The Morgan fingerprint density at radius 2 is 1.21 bits per heavy atom. The Kier molecular flexibility index (Phi) is 8.54. The van der Waals surface area contributed by atoms with E-state index in [1.165, 1.54) is 63.4 Å². The predicted molar refractivity (Wildman–Crippen MR) is 110 cm³/mol. The third kappa shape index (κ3) is 9.50. The first kappa shape index (κ1) is 21.3. The van der Waals surface area contributed by atoms with Crippen molar-refractivity contribution in [3.05, 3.63) is 34.9 Å². The zero-order valence-corrected chi connectivity index (χ0v) is 17.6. The molecule has 0 heterocycles. The highest BCUT2D eigenvalue weighted by atomic mass is 14.2. The molecule has 0 heteroatoms. The number of hydrogen-bond donors (Lipinski definition) is 0. The van der Waals surface area contributed by atoms with Crippen LogP contribution in [0.2, 0.25) is 0 Å².